The maximum Gasteiger partial charge on any atom is 0.255 e. The third-order valence-corrected chi connectivity index (χ3v) is 2.83. The smallest absolute Gasteiger partial charge is 0.255 e. The van der Waals surface area contributed by atoms with Gasteiger partial charge in [0.15, 0.2) is 4.84 Å². The number of amides is 1. The number of hydrogen-bond acceptors (Lipinski definition) is 2. The summed E-state index contributed by atoms with van der Waals surface area (Å²) in [5.41, 5.74) is 0. The zero-order valence-corrected chi connectivity index (χ0v) is 8.25. The highest BCUT2D eigenvalue weighted by Gasteiger charge is 2.21. The van der Waals surface area contributed by atoms with Crippen molar-refractivity contribution in [3.8, 4) is 0 Å². The predicted octanol–water partition coefficient (Wildman–Crippen LogP) is 1.37. The highest BCUT2D eigenvalue weighted by molar-refractivity contribution is 7.99. The molecule has 1 aliphatic heterocycles. The van der Waals surface area contributed by atoms with Gasteiger partial charge in [-0.05, 0) is 0 Å². The van der Waals surface area contributed by atoms with Gasteiger partial charge in [0.25, 0.3) is 5.91 Å². The molecule has 0 aromatic carbocycles. The highest BCUT2D eigenvalue weighted by atomic mass is 35.5. The summed E-state index contributed by atoms with van der Waals surface area (Å²) in [4.78, 5) is 12.0. The summed E-state index contributed by atoms with van der Waals surface area (Å²) < 4.78 is 0. The molecule has 0 spiro atoms. The normalized spacial score (nSPS) is 19.0. The Labute approximate surface area is 80.2 Å². The molecule has 0 unspecified atom stereocenters. The van der Waals surface area contributed by atoms with E-state index in [4.69, 9.17) is 23.2 Å². The molecule has 0 atom stereocenters. The van der Waals surface area contributed by atoms with Gasteiger partial charge in [-0.2, -0.15) is 11.8 Å². The van der Waals surface area contributed by atoms with Crippen molar-refractivity contribution in [2.75, 3.05) is 24.6 Å². The summed E-state index contributed by atoms with van der Waals surface area (Å²) in [5.74, 6) is 1.83. The highest BCUT2D eigenvalue weighted by Crippen LogP contribution is 2.13. The van der Waals surface area contributed by atoms with Gasteiger partial charge in [0, 0.05) is 24.6 Å². The van der Waals surface area contributed by atoms with E-state index >= 15 is 0 Å². The Morgan fingerprint density at radius 2 is 1.91 bits per heavy atom. The van der Waals surface area contributed by atoms with Gasteiger partial charge < -0.3 is 4.90 Å². The maximum absolute atomic E-state index is 11.2. The molecule has 1 amide bonds. The lowest BCUT2D eigenvalue weighted by atomic mass is 10.5. The van der Waals surface area contributed by atoms with Crippen molar-refractivity contribution in [3.63, 3.8) is 0 Å². The van der Waals surface area contributed by atoms with Gasteiger partial charge in [-0.3, -0.25) is 4.79 Å². The fourth-order valence-electron chi connectivity index (χ4n) is 0.922. The maximum atomic E-state index is 11.2. The number of carbonyl (C=O) groups excluding carboxylic acids is 1. The van der Waals surface area contributed by atoms with Gasteiger partial charge in [-0.15, -0.1) is 0 Å². The molecule has 0 aromatic rings. The van der Waals surface area contributed by atoms with E-state index in [1.54, 1.807) is 4.90 Å². The first-order chi connectivity index (χ1) is 5.22. The molecule has 1 fully saturated rings. The molecule has 0 bridgehead atoms. The number of carbonyl (C=O) groups is 1. The van der Waals surface area contributed by atoms with Gasteiger partial charge in [-0.1, -0.05) is 23.2 Å². The lowest BCUT2D eigenvalue weighted by molar-refractivity contribution is -0.128. The first-order valence-electron chi connectivity index (χ1n) is 3.36. The molecule has 1 rings (SSSR count). The molecular weight excluding hydrogens is 205 g/mol. The van der Waals surface area contributed by atoms with Crippen molar-refractivity contribution >= 4 is 40.9 Å². The van der Waals surface area contributed by atoms with Crippen LogP contribution in [-0.2, 0) is 4.79 Å². The molecule has 0 aromatic heterocycles. The van der Waals surface area contributed by atoms with Crippen molar-refractivity contribution in [2.45, 2.75) is 4.84 Å². The molecule has 11 heavy (non-hydrogen) atoms. The molecule has 0 saturated carbocycles. The molecule has 2 nitrogen and oxygen atoms in total. The SMILES string of the molecule is O=C(C(Cl)Cl)N1CCSCC1. The van der Waals surface area contributed by atoms with Gasteiger partial charge in [-0.25, -0.2) is 0 Å². The average Bonchev–Trinajstić information content (AvgIpc) is 2.05. The van der Waals surface area contributed by atoms with Gasteiger partial charge in [0.05, 0.1) is 0 Å². The zero-order valence-electron chi connectivity index (χ0n) is 5.93. The molecule has 64 valence electrons. The Morgan fingerprint density at radius 1 is 1.36 bits per heavy atom. The van der Waals surface area contributed by atoms with E-state index in [1.165, 1.54) is 0 Å². The van der Waals surface area contributed by atoms with Crippen LogP contribution in [0, 0.1) is 0 Å². The van der Waals surface area contributed by atoms with Gasteiger partial charge in [0.1, 0.15) is 0 Å². The van der Waals surface area contributed by atoms with Crippen LogP contribution in [0.2, 0.25) is 0 Å². The molecular formula is C6H9Cl2NOS. The van der Waals surface area contributed by atoms with Crippen LogP contribution in [0.1, 0.15) is 0 Å². The second kappa shape index (κ2) is 4.43. The number of rotatable bonds is 1. The first kappa shape index (κ1) is 9.49. The summed E-state index contributed by atoms with van der Waals surface area (Å²) in [7, 11) is 0. The second-order valence-corrected chi connectivity index (χ2v) is 4.56. The van der Waals surface area contributed by atoms with Crippen molar-refractivity contribution < 1.29 is 4.79 Å². The third-order valence-electron chi connectivity index (χ3n) is 1.51. The van der Waals surface area contributed by atoms with Crippen LogP contribution in [0.3, 0.4) is 0 Å². The minimum absolute atomic E-state index is 0.159. The zero-order chi connectivity index (χ0) is 8.27. The van der Waals surface area contributed by atoms with E-state index in [2.05, 4.69) is 0 Å². The Bertz CT molecular complexity index is 148. The number of alkyl halides is 2. The molecule has 0 N–H and O–H groups in total. The molecule has 1 saturated heterocycles. The first-order valence-corrected chi connectivity index (χ1v) is 5.39. The van der Waals surface area contributed by atoms with Crippen LogP contribution < -0.4 is 0 Å². The fraction of sp³-hybridized carbons (Fsp3) is 0.833. The van der Waals surface area contributed by atoms with Crippen molar-refractivity contribution in [1.29, 1.82) is 0 Å². The van der Waals surface area contributed by atoms with E-state index < -0.39 is 4.84 Å². The Kier molecular flexibility index (Phi) is 3.82. The summed E-state index contributed by atoms with van der Waals surface area (Å²) in [6.45, 7) is 1.55. The molecule has 1 aliphatic rings. The number of nitrogens with zero attached hydrogens (tertiary/aromatic N) is 1. The van der Waals surface area contributed by atoms with E-state index in [1.807, 2.05) is 11.8 Å². The molecule has 0 aliphatic carbocycles. The van der Waals surface area contributed by atoms with Crippen LogP contribution in [0.5, 0.6) is 0 Å². The van der Waals surface area contributed by atoms with Crippen LogP contribution in [0.4, 0.5) is 0 Å². The standard InChI is InChI=1S/C6H9Cl2NOS/c7-5(8)6(10)9-1-3-11-4-2-9/h5H,1-4H2. The Balaban J connectivity index is 2.39. The second-order valence-electron chi connectivity index (χ2n) is 2.24. The number of thioether (sulfide) groups is 1. The summed E-state index contributed by atoms with van der Waals surface area (Å²) >= 11 is 12.7. The number of halogens is 2. The quantitative estimate of drug-likeness (QED) is 0.614. The fourth-order valence-corrected chi connectivity index (χ4v) is 2.10. The van der Waals surface area contributed by atoms with Crippen molar-refractivity contribution in [3.05, 3.63) is 0 Å². The monoisotopic (exact) mass is 213 g/mol. The minimum Gasteiger partial charge on any atom is -0.339 e. The third kappa shape index (κ3) is 2.73. The van der Waals surface area contributed by atoms with Crippen molar-refractivity contribution in [2.24, 2.45) is 0 Å². The minimum atomic E-state index is -0.891. The lowest BCUT2D eigenvalue weighted by Gasteiger charge is -2.26. The van der Waals surface area contributed by atoms with E-state index in [9.17, 15) is 4.79 Å². The average molecular weight is 214 g/mol. The summed E-state index contributed by atoms with van der Waals surface area (Å²) in [6.07, 6.45) is 0. The summed E-state index contributed by atoms with van der Waals surface area (Å²) in [6, 6.07) is 0. The topological polar surface area (TPSA) is 20.3 Å². The van der Waals surface area contributed by atoms with Crippen LogP contribution in [-0.4, -0.2) is 40.2 Å². The van der Waals surface area contributed by atoms with Gasteiger partial charge in [0.2, 0.25) is 0 Å². The summed E-state index contributed by atoms with van der Waals surface area (Å²) in [5, 5.41) is 0. The molecule has 0 radical (unpaired) electrons. The van der Waals surface area contributed by atoms with E-state index in [-0.39, 0.29) is 5.91 Å². The lowest BCUT2D eigenvalue weighted by Crippen LogP contribution is -2.40. The van der Waals surface area contributed by atoms with E-state index in [0.717, 1.165) is 24.6 Å². The molecule has 5 heteroatoms. The van der Waals surface area contributed by atoms with E-state index in [0.29, 0.717) is 0 Å². The Hall–Kier alpha value is 0.400. The largest absolute Gasteiger partial charge is 0.339 e. The van der Waals surface area contributed by atoms with Crippen LogP contribution in [0.25, 0.3) is 0 Å². The van der Waals surface area contributed by atoms with Crippen molar-refractivity contribution in [1.82, 2.24) is 4.90 Å². The number of hydrogen-bond donors (Lipinski definition) is 0. The Morgan fingerprint density at radius 3 is 2.36 bits per heavy atom. The molecule has 1 heterocycles. The van der Waals surface area contributed by atoms with Gasteiger partial charge >= 0.3 is 0 Å². The van der Waals surface area contributed by atoms with Crippen LogP contribution in [0.15, 0.2) is 0 Å². The predicted molar refractivity (Wildman–Crippen MR) is 49.4 cm³/mol. The van der Waals surface area contributed by atoms with Crippen LogP contribution >= 0.6 is 35.0 Å².